The third kappa shape index (κ3) is 5.90. The number of aromatic nitrogens is 1. The number of nitrogens with zero attached hydrogens (tertiary/aromatic N) is 4. The van der Waals surface area contributed by atoms with Crippen LogP contribution < -0.4 is 10.5 Å². The lowest BCUT2D eigenvalue weighted by Gasteiger charge is -2.28. The van der Waals surface area contributed by atoms with Crippen LogP contribution in [0.3, 0.4) is 0 Å². The second kappa shape index (κ2) is 10.8. The number of anilines is 1. The van der Waals surface area contributed by atoms with Gasteiger partial charge in [-0.05, 0) is 56.6 Å². The monoisotopic (exact) mass is 452 g/mol. The van der Waals surface area contributed by atoms with Crippen molar-refractivity contribution in [3.05, 3.63) is 63.6 Å². The molecule has 2 aromatic rings. The Morgan fingerprint density at radius 3 is 2.42 bits per heavy atom. The number of aryl methyl sites for hydroxylation is 1. The van der Waals surface area contributed by atoms with Crippen molar-refractivity contribution >= 4 is 17.5 Å². The molecule has 1 aliphatic heterocycles. The molecule has 1 aliphatic rings. The summed E-state index contributed by atoms with van der Waals surface area (Å²) in [6.07, 6.45) is 1.33. The quantitative estimate of drug-likeness (QED) is 0.718. The summed E-state index contributed by atoms with van der Waals surface area (Å²) in [6, 6.07) is 11.2. The number of carbonyl (C=O) groups excluding carboxylic acids is 2. The van der Waals surface area contributed by atoms with Gasteiger partial charge in [0, 0.05) is 51.0 Å². The van der Waals surface area contributed by atoms with Crippen LogP contribution in [0, 0.1) is 12.8 Å². The van der Waals surface area contributed by atoms with E-state index >= 15 is 0 Å². The van der Waals surface area contributed by atoms with Crippen LogP contribution in [-0.4, -0.2) is 59.4 Å². The Balaban J connectivity index is 2.01. The number of benzene rings is 1. The molecule has 7 nitrogen and oxygen atoms in total. The predicted octanol–water partition coefficient (Wildman–Crippen LogP) is 3.05. The summed E-state index contributed by atoms with van der Waals surface area (Å²) >= 11 is 0. The zero-order valence-electron chi connectivity index (χ0n) is 20.5. The number of likely N-dealkylation sites (N-methyl/N-ethyl adjacent to an activating group) is 1. The molecule has 0 bridgehead atoms. The molecule has 7 heteroatoms. The van der Waals surface area contributed by atoms with Gasteiger partial charge in [-0.2, -0.15) is 0 Å². The molecule has 0 unspecified atom stereocenters. The maximum Gasteiger partial charge on any atom is 0.263 e. The van der Waals surface area contributed by atoms with Crippen molar-refractivity contribution in [1.82, 2.24) is 14.4 Å². The van der Waals surface area contributed by atoms with E-state index in [0.717, 1.165) is 29.9 Å². The van der Waals surface area contributed by atoms with Gasteiger partial charge in [0.1, 0.15) is 5.56 Å². The molecule has 0 fully saturated rings. The number of hydrogen-bond donors (Lipinski definition) is 0. The average Bonchev–Trinajstić information content (AvgIpc) is 2.80. The predicted molar refractivity (Wildman–Crippen MR) is 132 cm³/mol. The molecule has 3 rings (SSSR count). The number of carbonyl (C=O) groups is 2. The summed E-state index contributed by atoms with van der Waals surface area (Å²) < 4.78 is 1.51. The van der Waals surface area contributed by atoms with Crippen molar-refractivity contribution in [2.75, 3.05) is 38.1 Å². The number of hydrogen-bond acceptors (Lipinski definition) is 4. The molecule has 0 atom stereocenters. The number of fused-ring (bicyclic) bond motifs is 1. The summed E-state index contributed by atoms with van der Waals surface area (Å²) in [5.74, 6) is 0.0871. The van der Waals surface area contributed by atoms with Gasteiger partial charge in [0.05, 0.1) is 0 Å². The van der Waals surface area contributed by atoms with Crippen LogP contribution in [-0.2, 0) is 18.4 Å². The van der Waals surface area contributed by atoms with E-state index in [0.29, 0.717) is 32.6 Å². The van der Waals surface area contributed by atoms with Crippen LogP contribution in [0.5, 0.6) is 0 Å². The molecule has 0 saturated heterocycles. The second-order valence-corrected chi connectivity index (χ2v) is 9.41. The third-order valence-corrected chi connectivity index (χ3v) is 6.27. The topological polar surface area (TPSA) is 65.9 Å². The first-order chi connectivity index (χ1) is 15.7. The maximum atomic E-state index is 13.5. The molecule has 178 valence electrons. The molecule has 0 radical (unpaired) electrons. The molecule has 1 aromatic carbocycles. The summed E-state index contributed by atoms with van der Waals surface area (Å²) in [4.78, 5) is 45.3. The second-order valence-electron chi connectivity index (χ2n) is 9.41. The lowest BCUT2D eigenvalue weighted by atomic mass is 10.1. The highest BCUT2D eigenvalue weighted by Crippen LogP contribution is 2.25. The molecule has 0 N–H and O–H groups in total. The van der Waals surface area contributed by atoms with Gasteiger partial charge in [0.2, 0.25) is 5.91 Å². The smallest absolute Gasteiger partial charge is 0.263 e. The van der Waals surface area contributed by atoms with E-state index < -0.39 is 0 Å². The van der Waals surface area contributed by atoms with Crippen molar-refractivity contribution in [2.24, 2.45) is 13.0 Å². The Labute approximate surface area is 196 Å². The van der Waals surface area contributed by atoms with Crippen LogP contribution in [0.25, 0.3) is 0 Å². The summed E-state index contributed by atoms with van der Waals surface area (Å²) in [6.45, 7) is 8.93. The highest BCUT2D eigenvalue weighted by molar-refractivity contribution is 5.95. The number of rotatable bonds is 3. The van der Waals surface area contributed by atoms with Crippen molar-refractivity contribution in [2.45, 2.75) is 40.2 Å². The summed E-state index contributed by atoms with van der Waals surface area (Å²) in [7, 11) is 3.71. The van der Waals surface area contributed by atoms with Gasteiger partial charge in [-0.25, -0.2) is 0 Å². The molecular formula is C26H36N4O3. The Morgan fingerprint density at radius 2 is 1.70 bits per heavy atom. The van der Waals surface area contributed by atoms with Crippen LogP contribution in [0.15, 0.2) is 41.2 Å². The molecule has 33 heavy (non-hydrogen) atoms. The zero-order valence-corrected chi connectivity index (χ0v) is 20.5. The maximum absolute atomic E-state index is 13.5. The van der Waals surface area contributed by atoms with Crippen molar-refractivity contribution in [3.8, 4) is 0 Å². The minimum atomic E-state index is -0.287. The van der Waals surface area contributed by atoms with Gasteiger partial charge in [-0.15, -0.1) is 0 Å². The van der Waals surface area contributed by atoms with E-state index in [1.54, 1.807) is 24.1 Å². The van der Waals surface area contributed by atoms with Crippen molar-refractivity contribution < 1.29 is 9.59 Å². The first-order valence-electron chi connectivity index (χ1n) is 11.7. The SMILES string of the molecule is Cc1ccc(C(=O)N2CCN(C)CCCN(C(=O)CC(C)C)c3ccccc3C2)c(=O)n1C. The number of para-hydroxylation sites is 1. The van der Waals surface area contributed by atoms with Gasteiger partial charge in [-0.1, -0.05) is 32.0 Å². The molecular weight excluding hydrogens is 416 g/mol. The van der Waals surface area contributed by atoms with Crippen molar-refractivity contribution in [3.63, 3.8) is 0 Å². The Morgan fingerprint density at radius 1 is 0.970 bits per heavy atom. The van der Waals surface area contributed by atoms with E-state index in [1.807, 2.05) is 57.0 Å². The molecule has 0 saturated carbocycles. The lowest BCUT2D eigenvalue weighted by Crippen LogP contribution is -2.40. The molecule has 0 spiro atoms. The molecule has 1 aromatic heterocycles. The molecule has 0 aliphatic carbocycles. The van der Waals surface area contributed by atoms with Crippen molar-refractivity contribution in [1.29, 1.82) is 0 Å². The molecule has 2 amide bonds. The fourth-order valence-electron chi connectivity index (χ4n) is 4.17. The lowest BCUT2D eigenvalue weighted by molar-refractivity contribution is -0.119. The van der Waals surface area contributed by atoms with Crippen LogP contribution in [0.2, 0.25) is 0 Å². The van der Waals surface area contributed by atoms with Crippen LogP contribution in [0.4, 0.5) is 5.69 Å². The Hall–Kier alpha value is -2.93. The van der Waals surface area contributed by atoms with Gasteiger partial charge >= 0.3 is 0 Å². The van der Waals surface area contributed by atoms with Crippen LogP contribution in [0.1, 0.15) is 48.3 Å². The van der Waals surface area contributed by atoms with Gasteiger partial charge < -0.3 is 19.3 Å². The molecule has 2 heterocycles. The van der Waals surface area contributed by atoms with Gasteiger partial charge in [0.25, 0.3) is 11.5 Å². The summed E-state index contributed by atoms with van der Waals surface area (Å²) in [5, 5.41) is 0. The van der Waals surface area contributed by atoms with E-state index in [4.69, 9.17) is 0 Å². The largest absolute Gasteiger partial charge is 0.333 e. The zero-order chi connectivity index (χ0) is 24.1. The van der Waals surface area contributed by atoms with E-state index in [9.17, 15) is 14.4 Å². The minimum absolute atomic E-state index is 0.102. The Bertz CT molecular complexity index is 1060. The minimum Gasteiger partial charge on any atom is -0.333 e. The number of pyridine rings is 1. The average molecular weight is 453 g/mol. The fourth-order valence-corrected chi connectivity index (χ4v) is 4.17. The van der Waals surface area contributed by atoms with E-state index in [1.165, 1.54) is 4.57 Å². The highest BCUT2D eigenvalue weighted by Gasteiger charge is 2.25. The summed E-state index contributed by atoms with van der Waals surface area (Å²) in [5.41, 5.74) is 2.45. The Kier molecular flexibility index (Phi) is 8.08. The highest BCUT2D eigenvalue weighted by atomic mass is 16.2. The number of amides is 2. The third-order valence-electron chi connectivity index (χ3n) is 6.27. The van der Waals surface area contributed by atoms with E-state index in [-0.39, 0.29) is 28.9 Å². The van der Waals surface area contributed by atoms with Gasteiger partial charge in [-0.3, -0.25) is 14.4 Å². The van der Waals surface area contributed by atoms with Gasteiger partial charge in [0.15, 0.2) is 0 Å². The van der Waals surface area contributed by atoms with E-state index in [2.05, 4.69) is 4.90 Å². The first-order valence-corrected chi connectivity index (χ1v) is 11.7. The fraction of sp³-hybridized carbons (Fsp3) is 0.500. The standard InChI is InChI=1S/C26H36N4O3/c1-19(2)17-24(31)30-14-8-13-27(4)15-16-29(18-21-9-6-7-10-23(21)30)26(33)22-12-11-20(3)28(5)25(22)32/h6-7,9-12,19H,8,13-18H2,1-5H3. The normalized spacial score (nSPS) is 15.8. The first kappa shape index (κ1) is 24.7. The van der Waals surface area contributed by atoms with Crippen LogP contribution >= 0.6 is 0 Å².